The van der Waals surface area contributed by atoms with Crippen LogP contribution in [-0.2, 0) is 10.0 Å². The molecule has 1 amide bonds. The van der Waals surface area contributed by atoms with E-state index in [-0.39, 0.29) is 4.47 Å². The van der Waals surface area contributed by atoms with Crippen molar-refractivity contribution in [2.45, 2.75) is 11.3 Å². The van der Waals surface area contributed by atoms with Crippen LogP contribution in [0.1, 0.15) is 10.4 Å². The molecule has 0 saturated carbocycles. The van der Waals surface area contributed by atoms with E-state index in [1.54, 1.807) is 5.32 Å². The van der Waals surface area contributed by atoms with E-state index < -0.39 is 50.0 Å². The number of hydrogen-bond acceptors (Lipinski definition) is 5. The van der Waals surface area contributed by atoms with Gasteiger partial charge in [-0.2, -0.15) is 0 Å². The summed E-state index contributed by atoms with van der Waals surface area (Å²) >= 11 is 2.78. The Labute approximate surface area is 125 Å². The molecule has 3 N–H and O–H groups in total. The van der Waals surface area contributed by atoms with Crippen molar-refractivity contribution in [3.8, 4) is 0 Å². The highest BCUT2D eigenvalue weighted by atomic mass is 79.9. The second-order valence-electron chi connectivity index (χ2n) is 3.71. The van der Waals surface area contributed by atoms with Crippen molar-refractivity contribution in [2.24, 2.45) is 5.14 Å². The van der Waals surface area contributed by atoms with Crippen LogP contribution in [0.4, 0.5) is 14.5 Å². The molecule has 1 rings (SSSR count). The molecule has 1 aromatic carbocycles. The first kappa shape index (κ1) is 17.4. The Bertz CT molecular complexity index is 695. The van der Waals surface area contributed by atoms with Gasteiger partial charge in [0.05, 0.1) is 21.5 Å². The molecular weight excluding hydrogens is 380 g/mol. The highest BCUT2D eigenvalue weighted by Crippen LogP contribution is 2.30. The monoisotopic (exact) mass is 387 g/mol. The molecule has 0 bridgehead atoms. The lowest BCUT2D eigenvalue weighted by atomic mass is 10.2. The Hall–Kier alpha value is -1.66. The molecule has 116 valence electrons. The van der Waals surface area contributed by atoms with Gasteiger partial charge in [0.1, 0.15) is 4.90 Å². The van der Waals surface area contributed by atoms with Crippen molar-refractivity contribution in [3.05, 3.63) is 32.3 Å². The summed E-state index contributed by atoms with van der Waals surface area (Å²) in [6.45, 7) is -0.987. The number of sulfonamides is 1. The fraction of sp³-hybridized carbons (Fsp3) is 0.222. The van der Waals surface area contributed by atoms with Crippen molar-refractivity contribution < 1.29 is 26.9 Å². The van der Waals surface area contributed by atoms with Crippen LogP contribution < -0.4 is 10.5 Å². The van der Waals surface area contributed by atoms with Gasteiger partial charge in [-0.15, -0.1) is 0 Å². The summed E-state index contributed by atoms with van der Waals surface area (Å²) in [7, 11) is -4.36. The first-order valence-electron chi connectivity index (χ1n) is 5.11. The van der Waals surface area contributed by atoms with Crippen LogP contribution in [0.3, 0.4) is 0 Å². The maximum absolute atomic E-state index is 12.0. The zero-order chi connectivity index (χ0) is 16.4. The van der Waals surface area contributed by atoms with E-state index in [2.05, 4.69) is 15.9 Å². The number of nitro benzene ring substituents is 1. The number of hydrogen-bond donors (Lipinski definition) is 2. The molecule has 0 aliphatic carbocycles. The lowest BCUT2D eigenvalue weighted by Crippen LogP contribution is -2.29. The summed E-state index contributed by atoms with van der Waals surface area (Å²) in [5.41, 5.74) is -1.21. The maximum atomic E-state index is 12.0. The van der Waals surface area contributed by atoms with Gasteiger partial charge in [-0.25, -0.2) is 22.3 Å². The van der Waals surface area contributed by atoms with Gasteiger partial charge in [-0.05, 0) is 15.9 Å². The number of non-ortho nitro benzene ring substituents is 1. The van der Waals surface area contributed by atoms with Crippen LogP contribution in [0.15, 0.2) is 21.5 Å². The van der Waals surface area contributed by atoms with Crippen molar-refractivity contribution in [3.63, 3.8) is 0 Å². The molecule has 1 aromatic rings. The van der Waals surface area contributed by atoms with Gasteiger partial charge in [0.15, 0.2) is 0 Å². The lowest BCUT2D eigenvalue weighted by molar-refractivity contribution is -0.385. The van der Waals surface area contributed by atoms with E-state index in [1.807, 2.05) is 0 Å². The standard InChI is InChI=1S/C9H8BrF2N3O5S/c10-8-5(9(16)14-3-7(11)12)1-4(15(17)18)2-6(8)21(13,19)20/h1-2,7H,3H2,(H,14,16)(H2,13,19,20). The first-order chi connectivity index (χ1) is 9.54. The molecule has 12 heteroatoms. The molecular formula is C9H8BrF2N3O5S. The highest BCUT2D eigenvalue weighted by Gasteiger charge is 2.25. The first-order valence-corrected chi connectivity index (χ1v) is 7.45. The number of carbonyl (C=O) groups excluding carboxylic acids is 1. The number of nitrogens with two attached hydrogens (primary N) is 1. The Kier molecular flexibility index (Phi) is 5.31. The number of nitrogens with one attached hydrogen (secondary N) is 1. The van der Waals surface area contributed by atoms with E-state index in [0.29, 0.717) is 6.07 Å². The lowest BCUT2D eigenvalue weighted by Gasteiger charge is -2.09. The summed E-state index contributed by atoms with van der Waals surface area (Å²) < 4.78 is 46.4. The van der Waals surface area contributed by atoms with Gasteiger partial charge in [-0.1, -0.05) is 0 Å². The summed E-state index contributed by atoms with van der Waals surface area (Å²) in [6, 6.07) is 1.41. The third-order valence-electron chi connectivity index (χ3n) is 2.20. The fourth-order valence-corrected chi connectivity index (χ4v) is 3.06. The van der Waals surface area contributed by atoms with Crippen molar-refractivity contribution in [2.75, 3.05) is 6.54 Å². The molecule has 0 aliphatic heterocycles. The topological polar surface area (TPSA) is 132 Å². The molecule has 21 heavy (non-hydrogen) atoms. The Morgan fingerprint density at radius 1 is 1.48 bits per heavy atom. The van der Waals surface area contributed by atoms with Gasteiger partial charge >= 0.3 is 0 Å². The van der Waals surface area contributed by atoms with Gasteiger partial charge < -0.3 is 5.32 Å². The van der Waals surface area contributed by atoms with Crippen molar-refractivity contribution >= 4 is 37.5 Å². The van der Waals surface area contributed by atoms with Crippen molar-refractivity contribution in [1.29, 1.82) is 0 Å². The number of benzene rings is 1. The van der Waals surface area contributed by atoms with Gasteiger partial charge in [-0.3, -0.25) is 14.9 Å². The van der Waals surface area contributed by atoms with Gasteiger partial charge in [0.2, 0.25) is 10.0 Å². The fourth-order valence-electron chi connectivity index (χ4n) is 1.33. The molecule has 0 radical (unpaired) electrons. The molecule has 0 unspecified atom stereocenters. The van der Waals surface area contributed by atoms with Crippen molar-refractivity contribution in [1.82, 2.24) is 5.32 Å². The van der Waals surface area contributed by atoms with Gasteiger partial charge in [0.25, 0.3) is 18.0 Å². The Morgan fingerprint density at radius 3 is 2.48 bits per heavy atom. The summed E-state index contributed by atoms with van der Waals surface area (Å²) in [5, 5.41) is 17.4. The van der Waals surface area contributed by atoms with Crippen LogP contribution in [0, 0.1) is 10.1 Å². The zero-order valence-electron chi connectivity index (χ0n) is 10.0. The third kappa shape index (κ3) is 4.41. The third-order valence-corrected chi connectivity index (χ3v) is 4.25. The molecule has 8 nitrogen and oxygen atoms in total. The average molecular weight is 388 g/mol. The minimum atomic E-state index is -4.36. The average Bonchev–Trinajstić information content (AvgIpc) is 2.34. The second kappa shape index (κ2) is 6.41. The number of halogens is 3. The van der Waals surface area contributed by atoms with Gasteiger partial charge in [0, 0.05) is 12.1 Å². The van der Waals surface area contributed by atoms with Crippen LogP contribution in [0.2, 0.25) is 0 Å². The van der Waals surface area contributed by atoms with Crippen LogP contribution >= 0.6 is 15.9 Å². The maximum Gasteiger partial charge on any atom is 0.271 e. The summed E-state index contributed by atoms with van der Waals surface area (Å²) in [4.78, 5) is 20.8. The minimum Gasteiger partial charge on any atom is -0.346 e. The molecule has 0 aliphatic rings. The van der Waals surface area contributed by atoms with E-state index in [9.17, 15) is 32.1 Å². The van der Waals surface area contributed by atoms with Crippen LogP contribution in [-0.4, -0.2) is 32.2 Å². The molecule has 0 saturated heterocycles. The SMILES string of the molecule is NS(=O)(=O)c1cc([N+](=O)[O-])cc(C(=O)NCC(F)F)c1Br. The second-order valence-corrected chi connectivity index (χ2v) is 6.03. The quantitative estimate of drug-likeness (QED) is 0.574. The summed E-state index contributed by atoms with van der Waals surface area (Å²) in [6.07, 6.45) is -2.83. The number of nitrogens with zero attached hydrogens (tertiary/aromatic N) is 1. The largest absolute Gasteiger partial charge is 0.346 e. The predicted octanol–water partition coefficient (Wildman–Crippen LogP) is 1.000. The number of primary sulfonamides is 1. The normalized spacial score (nSPS) is 11.5. The zero-order valence-corrected chi connectivity index (χ0v) is 12.4. The number of rotatable bonds is 5. The highest BCUT2D eigenvalue weighted by molar-refractivity contribution is 9.10. The Balaban J connectivity index is 3.41. The Morgan fingerprint density at radius 2 is 2.05 bits per heavy atom. The van der Waals surface area contributed by atoms with E-state index in [0.717, 1.165) is 6.07 Å². The van der Waals surface area contributed by atoms with E-state index >= 15 is 0 Å². The number of nitro groups is 1. The van der Waals surface area contributed by atoms with Crippen LogP contribution in [0.5, 0.6) is 0 Å². The predicted molar refractivity (Wildman–Crippen MR) is 70.5 cm³/mol. The molecule has 0 fully saturated rings. The van der Waals surface area contributed by atoms with Crippen LogP contribution in [0.25, 0.3) is 0 Å². The number of amides is 1. The summed E-state index contributed by atoms with van der Waals surface area (Å²) in [5.74, 6) is -1.10. The minimum absolute atomic E-state index is 0.345. The molecule has 0 heterocycles. The molecule has 0 spiro atoms. The molecule has 0 aromatic heterocycles. The molecule has 0 atom stereocenters. The number of alkyl halides is 2. The van der Waals surface area contributed by atoms with E-state index in [4.69, 9.17) is 5.14 Å². The smallest absolute Gasteiger partial charge is 0.271 e. The number of carbonyl (C=O) groups is 1. The van der Waals surface area contributed by atoms with E-state index in [1.165, 1.54) is 0 Å².